The monoisotopic (exact) mass is 309 g/mol. The van der Waals surface area contributed by atoms with Crippen LogP contribution in [0.4, 0.5) is 5.69 Å². The summed E-state index contributed by atoms with van der Waals surface area (Å²) in [6.45, 7) is 4.11. The maximum atomic E-state index is 12.7. The molecule has 0 spiro atoms. The first-order valence-electron chi connectivity index (χ1n) is 7.86. The SMILES string of the molecule is CCN1CCCc2cc(C(=O)c3ccccc3C(=O)O)ccc21. The predicted octanol–water partition coefficient (Wildman–Crippen LogP) is 3.39. The van der Waals surface area contributed by atoms with Crippen molar-refractivity contribution >= 4 is 17.4 Å². The van der Waals surface area contributed by atoms with Crippen molar-refractivity contribution in [2.75, 3.05) is 18.0 Å². The van der Waals surface area contributed by atoms with E-state index < -0.39 is 5.97 Å². The summed E-state index contributed by atoms with van der Waals surface area (Å²) in [6, 6.07) is 12.1. The van der Waals surface area contributed by atoms with Crippen molar-refractivity contribution in [3.63, 3.8) is 0 Å². The molecule has 0 atom stereocenters. The summed E-state index contributed by atoms with van der Waals surface area (Å²) >= 11 is 0. The van der Waals surface area contributed by atoms with E-state index >= 15 is 0 Å². The molecule has 0 saturated heterocycles. The van der Waals surface area contributed by atoms with Crippen LogP contribution in [0.3, 0.4) is 0 Å². The Morgan fingerprint density at radius 2 is 1.87 bits per heavy atom. The topological polar surface area (TPSA) is 57.6 Å². The molecule has 1 aliphatic heterocycles. The molecular weight excluding hydrogens is 290 g/mol. The van der Waals surface area contributed by atoms with Gasteiger partial charge in [0, 0.05) is 29.9 Å². The zero-order valence-corrected chi connectivity index (χ0v) is 13.1. The molecule has 0 unspecified atom stereocenters. The predicted molar refractivity (Wildman–Crippen MR) is 89.5 cm³/mol. The van der Waals surface area contributed by atoms with Gasteiger partial charge in [-0.3, -0.25) is 4.79 Å². The number of aromatic carboxylic acids is 1. The third-order valence-corrected chi connectivity index (χ3v) is 4.34. The lowest BCUT2D eigenvalue weighted by Crippen LogP contribution is -2.29. The quantitative estimate of drug-likeness (QED) is 0.880. The van der Waals surface area contributed by atoms with Gasteiger partial charge in [0.2, 0.25) is 0 Å². The highest BCUT2D eigenvalue weighted by atomic mass is 16.4. The number of ketones is 1. The number of carboxylic acid groups (broad SMARTS) is 1. The van der Waals surface area contributed by atoms with Crippen LogP contribution in [-0.4, -0.2) is 29.9 Å². The summed E-state index contributed by atoms with van der Waals surface area (Å²) in [5.41, 5.74) is 3.18. The van der Waals surface area contributed by atoms with E-state index in [1.807, 2.05) is 12.1 Å². The fourth-order valence-corrected chi connectivity index (χ4v) is 3.17. The molecule has 118 valence electrons. The fourth-order valence-electron chi connectivity index (χ4n) is 3.17. The van der Waals surface area contributed by atoms with E-state index in [-0.39, 0.29) is 16.9 Å². The second-order valence-corrected chi connectivity index (χ2v) is 5.71. The number of carbonyl (C=O) groups is 2. The van der Waals surface area contributed by atoms with E-state index in [0.717, 1.165) is 31.5 Å². The Balaban J connectivity index is 2.00. The lowest BCUT2D eigenvalue weighted by Gasteiger charge is -2.30. The van der Waals surface area contributed by atoms with Crippen molar-refractivity contribution in [1.29, 1.82) is 0 Å². The zero-order valence-electron chi connectivity index (χ0n) is 13.1. The number of carboxylic acids is 1. The number of rotatable bonds is 4. The average molecular weight is 309 g/mol. The molecule has 4 nitrogen and oxygen atoms in total. The van der Waals surface area contributed by atoms with Crippen molar-refractivity contribution in [1.82, 2.24) is 0 Å². The second kappa shape index (κ2) is 6.24. The van der Waals surface area contributed by atoms with Crippen LogP contribution in [0, 0.1) is 0 Å². The smallest absolute Gasteiger partial charge is 0.336 e. The summed E-state index contributed by atoms with van der Waals surface area (Å²) in [7, 11) is 0. The van der Waals surface area contributed by atoms with Gasteiger partial charge in [-0.2, -0.15) is 0 Å². The zero-order chi connectivity index (χ0) is 16.4. The first kappa shape index (κ1) is 15.3. The Labute approximate surface area is 135 Å². The molecule has 0 fully saturated rings. The standard InChI is InChI=1S/C19H19NO3/c1-2-20-11-5-6-13-12-14(9-10-17(13)20)18(21)15-7-3-4-8-16(15)19(22)23/h3-4,7-10,12H,2,5-6,11H2,1H3,(H,22,23). The Kier molecular flexibility index (Phi) is 4.15. The molecule has 2 aromatic carbocycles. The van der Waals surface area contributed by atoms with Gasteiger partial charge in [0.1, 0.15) is 0 Å². The second-order valence-electron chi connectivity index (χ2n) is 5.71. The summed E-state index contributed by atoms with van der Waals surface area (Å²) < 4.78 is 0. The summed E-state index contributed by atoms with van der Waals surface area (Å²) in [5, 5.41) is 9.26. The van der Waals surface area contributed by atoms with Crippen LogP contribution < -0.4 is 4.90 Å². The molecule has 1 N–H and O–H groups in total. The highest BCUT2D eigenvalue weighted by molar-refractivity contribution is 6.14. The molecule has 0 aliphatic carbocycles. The first-order valence-corrected chi connectivity index (χ1v) is 7.86. The summed E-state index contributed by atoms with van der Waals surface area (Å²) in [6.07, 6.45) is 2.03. The fraction of sp³-hybridized carbons (Fsp3) is 0.263. The van der Waals surface area contributed by atoms with Gasteiger partial charge < -0.3 is 10.0 Å². The maximum Gasteiger partial charge on any atom is 0.336 e. The molecule has 0 radical (unpaired) electrons. The minimum Gasteiger partial charge on any atom is -0.478 e. The largest absolute Gasteiger partial charge is 0.478 e. The molecule has 0 bridgehead atoms. The molecule has 0 saturated carbocycles. The van der Waals surface area contributed by atoms with E-state index in [1.165, 1.54) is 11.8 Å². The Morgan fingerprint density at radius 3 is 2.57 bits per heavy atom. The lowest BCUT2D eigenvalue weighted by molar-refractivity contribution is 0.0693. The minimum atomic E-state index is -1.08. The van der Waals surface area contributed by atoms with Crippen LogP contribution >= 0.6 is 0 Å². The number of anilines is 1. The Morgan fingerprint density at radius 1 is 1.13 bits per heavy atom. The molecule has 1 heterocycles. The molecule has 2 aromatic rings. The van der Waals surface area contributed by atoms with Crippen LogP contribution in [0.25, 0.3) is 0 Å². The van der Waals surface area contributed by atoms with Crippen molar-refractivity contribution in [2.24, 2.45) is 0 Å². The van der Waals surface area contributed by atoms with Crippen molar-refractivity contribution < 1.29 is 14.7 Å². The van der Waals surface area contributed by atoms with E-state index in [2.05, 4.69) is 11.8 Å². The highest BCUT2D eigenvalue weighted by Crippen LogP contribution is 2.28. The van der Waals surface area contributed by atoms with E-state index in [1.54, 1.807) is 24.3 Å². The normalized spacial score (nSPS) is 13.5. The van der Waals surface area contributed by atoms with Crippen LogP contribution in [0.2, 0.25) is 0 Å². The number of hydrogen-bond acceptors (Lipinski definition) is 3. The summed E-state index contributed by atoms with van der Waals surface area (Å²) in [5.74, 6) is -1.32. The van der Waals surface area contributed by atoms with Gasteiger partial charge >= 0.3 is 5.97 Å². The van der Waals surface area contributed by atoms with Crippen LogP contribution in [0.5, 0.6) is 0 Å². The highest BCUT2D eigenvalue weighted by Gasteiger charge is 2.20. The van der Waals surface area contributed by atoms with Gasteiger partial charge in [0.05, 0.1) is 5.56 Å². The molecule has 0 amide bonds. The van der Waals surface area contributed by atoms with Crippen LogP contribution in [-0.2, 0) is 6.42 Å². The van der Waals surface area contributed by atoms with Crippen molar-refractivity contribution in [2.45, 2.75) is 19.8 Å². The number of nitrogens with zero attached hydrogens (tertiary/aromatic N) is 1. The Hall–Kier alpha value is -2.62. The van der Waals surface area contributed by atoms with Gasteiger partial charge in [0.25, 0.3) is 0 Å². The average Bonchev–Trinajstić information content (AvgIpc) is 2.60. The number of carbonyl (C=O) groups excluding carboxylic acids is 1. The Bertz CT molecular complexity index is 767. The van der Waals surface area contributed by atoms with Crippen LogP contribution in [0.15, 0.2) is 42.5 Å². The van der Waals surface area contributed by atoms with Gasteiger partial charge in [-0.25, -0.2) is 4.79 Å². The van der Waals surface area contributed by atoms with Gasteiger partial charge in [-0.05, 0) is 49.6 Å². The van der Waals surface area contributed by atoms with Gasteiger partial charge in [-0.1, -0.05) is 18.2 Å². The van der Waals surface area contributed by atoms with Crippen LogP contribution in [0.1, 0.15) is 45.2 Å². The van der Waals surface area contributed by atoms with Gasteiger partial charge in [0.15, 0.2) is 5.78 Å². The molecular formula is C19H19NO3. The summed E-state index contributed by atoms with van der Waals surface area (Å²) in [4.78, 5) is 26.3. The number of aryl methyl sites for hydroxylation is 1. The molecule has 3 rings (SSSR count). The van der Waals surface area contributed by atoms with Crippen molar-refractivity contribution in [3.8, 4) is 0 Å². The molecule has 0 aromatic heterocycles. The molecule has 4 heteroatoms. The maximum absolute atomic E-state index is 12.7. The number of fused-ring (bicyclic) bond motifs is 1. The van der Waals surface area contributed by atoms with Crippen molar-refractivity contribution in [3.05, 3.63) is 64.7 Å². The number of hydrogen-bond donors (Lipinski definition) is 1. The van der Waals surface area contributed by atoms with E-state index in [4.69, 9.17) is 0 Å². The minimum absolute atomic E-state index is 0.0467. The third kappa shape index (κ3) is 2.84. The first-order chi connectivity index (χ1) is 11.1. The van der Waals surface area contributed by atoms with E-state index in [9.17, 15) is 14.7 Å². The van der Waals surface area contributed by atoms with Gasteiger partial charge in [-0.15, -0.1) is 0 Å². The lowest BCUT2D eigenvalue weighted by atomic mass is 9.94. The molecule has 23 heavy (non-hydrogen) atoms. The number of benzene rings is 2. The third-order valence-electron chi connectivity index (χ3n) is 4.34. The molecule has 1 aliphatic rings. The van der Waals surface area contributed by atoms with E-state index in [0.29, 0.717) is 5.56 Å².